The second-order valence-corrected chi connectivity index (χ2v) is 5.72. The molecule has 0 saturated carbocycles. The molecule has 2 rings (SSSR count). The first-order valence-electron chi connectivity index (χ1n) is 7.38. The van der Waals surface area contributed by atoms with Gasteiger partial charge >= 0.3 is 0 Å². The first-order chi connectivity index (χ1) is 9.18. The highest BCUT2D eigenvalue weighted by Gasteiger charge is 2.29. The van der Waals surface area contributed by atoms with Crippen LogP contribution in [0.25, 0.3) is 0 Å². The topological polar surface area (TPSA) is 49.5 Å². The van der Waals surface area contributed by atoms with Crippen LogP contribution < -0.4 is 5.73 Å². The van der Waals surface area contributed by atoms with E-state index in [1.807, 2.05) is 30.3 Å². The van der Waals surface area contributed by atoms with Crippen molar-refractivity contribution in [3.63, 3.8) is 0 Å². The molecule has 3 N–H and O–H groups in total. The molecule has 3 heteroatoms. The van der Waals surface area contributed by atoms with Crippen LogP contribution in [-0.4, -0.2) is 36.2 Å². The zero-order valence-corrected chi connectivity index (χ0v) is 11.9. The molecule has 0 aliphatic carbocycles. The minimum Gasteiger partial charge on any atom is -0.384 e. The molecule has 19 heavy (non-hydrogen) atoms. The molecular formula is C16H26N2O. The Hall–Kier alpha value is -0.900. The van der Waals surface area contributed by atoms with Crippen molar-refractivity contribution in [3.8, 4) is 0 Å². The van der Waals surface area contributed by atoms with Crippen LogP contribution in [0.5, 0.6) is 0 Å². The Labute approximate surface area is 116 Å². The molecule has 0 aromatic heterocycles. The van der Waals surface area contributed by atoms with Crippen LogP contribution in [0, 0.1) is 5.92 Å². The summed E-state index contributed by atoms with van der Waals surface area (Å²) in [6.45, 7) is 5.80. The molecule has 106 valence electrons. The number of aliphatic hydroxyl groups is 1. The fourth-order valence-electron chi connectivity index (χ4n) is 2.90. The van der Waals surface area contributed by atoms with Crippen LogP contribution in [0.1, 0.15) is 31.7 Å². The lowest BCUT2D eigenvalue weighted by atomic mass is 9.90. The molecule has 1 aliphatic rings. The van der Waals surface area contributed by atoms with Crippen LogP contribution in [0.15, 0.2) is 30.3 Å². The molecular weight excluding hydrogens is 236 g/mol. The third kappa shape index (κ3) is 3.56. The van der Waals surface area contributed by atoms with Crippen LogP contribution in [0.4, 0.5) is 0 Å². The summed E-state index contributed by atoms with van der Waals surface area (Å²) in [5.41, 5.74) is 5.86. The van der Waals surface area contributed by atoms with Gasteiger partial charge in [-0.05, 0) is 30.9 Å². The van der Waals surface area contributed by atoms with E-state index < -0.39 is 5.60 Å². The number of rotatable bonds is 6. The molecule has 0 radical (unpaired) electrons. The lowest BCUT2D eigenvalue weighted by molar-refractivity contribution is 0.0276. The maximum Gasteiger partial charge on any atom is 0.103 e. The minimum atomic E-state index is -0.883. The maximum atomic E-state index is 10.7. The highest BCUT2D eigenvalue weighted by atomic mass is 16.3. The quantitative estimate of drug-likeness (QED) is 0.824. The number of hydrogen-bond acceptors (Lipinski definition) is 3. The van der Waals surface area contributed by atoms with Gasteiger partial charge in [0.05, 0.1) is 0 Å². The number of hydrogen-bond donors (Lipinski definition) is 2. The summed E-state index contributed by atoms with van der Waals surface area (Å²) in [7, 11) is 0. The molecule has 0 spiro atoms. The molecule has 0 amide bonds. The van der Waals surface area contributed by atoms with E-state index in [9.17, 15) is 5.11 Å². The van der Waals surface area contributed by atoms with Gasteiger partial charge in [-0.3, -0.25) is 0 Å². The smallest absolute Gasteiger partial charge is 0.103 e. The van der Waals surface area contributed by atoms with E-state index in [2.05, 4.69) is 11.8 Å². The highest BCUT2D eigenvalue weighted by molar-refractivity contribution is 5.22. The van der Waals surface area contributed by atoms with Crippen LogP contribution in [-0.2, 0) is 5.60 Å². The van der Waals surface area contributed by atoms with Crippen molar-refractivity contribution in [2.24, 2.45) is 11.7 Å². The van der Waals surface area contributed by atoms with Crippen molar-refractivity contribution in [3.05, 3.63) is 35.9 Å². The number of nitrogens with zero attached hydrogens (tertiary/aromatic N) is 1. The van der Waals surface area contributed by atoms with Gasteiger partial charge < -0.3 is 15.7 Å². The van der Waals surface area contributed by atoms with Crippen molar-refractivity contribution < 1.29 is 5.11 Å². The monoisotopic (exact) mass is 262 g/mol. The van der Waals surface area contributed by atoms with Crippen molar-refractivity contribution in [2.45, 2.75) is 31.8 Å². The molecule has 2 atom stereocenters. The molecule has 1 aromatic rings. The molecule has 1 saturated heterocycles. The maximum absolute atomic E-state index is 10.7. The molecule has 1 fully saturated rings. The van der Waals surface area contributed by atoms with Crippen molar-refractivity contribution in [1.82, 2.24) is 4.90 Å². The normalized spacial score (nSPS) is 23.4. The van der Waals surface area contributed by atoms with Crippen molar-refractivity contribution in [2.75, 3.05) is 26.2 Å². The molecule has 1 aromatic carbocycles. The average molecular weight is 262 g/mol. The van der Waals surface area contributed by atoms with Crippen LogP contribution in [0.3, 0.4) is 0 Å². The Kier molecular flexibility index (Phi) is 4.97. The van der Waals surface area contributed by atoms with E-state index >= 15 is 0 Å². The summed E-state index contributed by atoms with van der Waals surface area (Å²) >= 11 is 0. The van der Waals surface area contributed by atoms with Crippen LogP contribution in [0.2, 0.25) is 0 Å². The Morgan fingerprint density at radius 2 is 2.11 bits per heavy atom. The Balaban J connectivity index is 1.93. The summed E-state index contributed by atoms with van der Waals surface area (Å²) in [6.07, 6.45) is 3.27. The zero-order valence-electron chi connectivity index (χ0n) is 11.9. The van der Waals surface area contributed by atoms with Crippen molar-refractivity contribution >= 4 is 0 Å². The average Bonchev–Trinajstić information content (AvgIpc) is 2.94. The lowest BCUT2D eigenvalue weighted by Crippen LogP contribution is -2.38. The van der Waals surface area contributed by atoms with Gasteiger partial charge in [-0.25, -0.2) is 0 Å². The molecule has 1 aliphatic heterocycles. The summed E-state index contributed by atoms with van der Waals surface area (Å²) in [4.78, 5) is 2.46. The van der Waals surface area contributed by atoms with Gasteiger partial charge in [0.15, 0.2) is 0 Å². The van der Waals surface area contributed by atoms with Gasteiger partial charge in [0, 0.05) is 19.6 Å². The molecule has 3 nitrogen and oxygen atoms in total. The Morgan fingerprint density at radius 1 is 1.37 bits per heavy atom. The van der Waals surface area contributed by atoms with Gasteiger partial charge in [-0.1, -0.05) is 43.7 Å². The largest absolute Gasteiger partial charge is 0.384 e. The van der Waals surface area contributed by atoms with E-state index in [4.69, 9.17) is 5.73 Å². The van der Waals surface area contributed by atoms with E-state index in [0.717, 1.165) is 24.6 Å². The first-order valence-corrected chi connectivity index (χ1v) is 7.38. The fraction of sp³-hybridized carbons (Fsp3) is 0.625. The van der Waals surface area contributed by atoms with Crippen LogP contribution >= 0.6 is 0 Å². The van der Waals surface area contributed by atoms with E-state index in [-0.39, 0.29) is 6.54 Å². The molecule has 2 unspecified atom stereocenters. The van der Waals surface area contributed by atoms with E-state index in [1.54, 1.807) is 0 Å². The van der Waals surface area contributed by atoms with E-state index in [0.29, 0.717) is 6.42 Å². The third-order valence-corrected chi connectivity index (χ3v) is 4.44. The number of benzene rings is 1. The SMILES string of the molecule is CCC1CCN(CCC(O)(CN)c2ccccc2)C1. The van der Waals surface area contributed by atoms with Gasteiger partial charge in [-0.15, -0.1) is 0 Å². The van der Waals surface area contributed by atoms with Gasteiger partial charge in [0.1, 0.15) is 5.60 Å². The third-order valence-electron chi connectivity index (χ3n) is 4.44. The van der Waals surface area contributed by atoms with Gasteiger partial charge in [0.2, 0.25) is 0 Å². The molecule has 1 heterocycles. The highest BCUT2D eigenvalue weighted by Crippen LogP contribution is 2.26. The van der Waals surface area contributed by atoms with Gasteiger partial charge in [-0.2, -0.15) is 0 Å². The van der Waals surface area contributed by atoms with E-state index in [1.165, 1.54) is 19.4 Å². The Bertz CT molecular complexity index is 382. The zero-order chi connectivity index (χ0) is 13.7. The second kappa shape index (κ2) is 6.51. The number of likely N-dealkylation sites (tertiary alicyclic amines) is 1. The van der Waals surface area contributed by atoms with Gasteiger partial charge in [0.25, 0.3) is 0 Å². The molecule has 0 bridgehead atoms. The predicted octanol–water partition coefficient (Wildman–Crippen LogP) is 1.95. The summed E-state index contributed by atoms with van der Waals surface area (Å²) in [5.74, 6) is 0.836. The minimum absolute atomic E-state index is 0.280. The lowest BCUT2D eigenvalue weighted by Gasteiger charge is -2.29. The Morgan fingerprint density at radius 3 is 2.68 bits per heavy atom. The predicted molar refractivity (Wildman–Crippen MR) is 78.8 cm³/mol. The second-order valence-electron chi connectivity index (χ2n) is 5.72. The van der Waals surface area contributed by atoms with Crippen molar-refractivity contribution in [1.29, 1.82) is 0 Å². The first kappa shape index (κ1) is 14.5. The summed E-state index contributed by atoms with van der Waals surface area (Å²) in [6, 6.07) is 9.81. The number of nitrogens with two attached hydrogens (primary N) is 1. The standard InChI is InChI=1S/C16H26N2O/c1-2-14-8-10-18(12-14)11-9-16(19,13-17)15-6-4-3-5-7-15/h3-7,14,19H,2,8-13,17H2,1H3. The summed E-state index contributed by atoms with van der Waals surface area (Å²) < 4.78 is 0. The summed E-state index contributed by atoms with van der Waals surface area (Å²) in [5, 5.41) is 10.7. The fourth-order valence-corrected chi connectivity index (χ4v) is 2.90.